The molecule has 25 heavy (non-hydrogen) atoms. The van der Waals surface area contributed by atoms with Gasteiger partial charge in [-0.2, -0.15) is 0 Å². The minimum Gasteiger partial charge on any atom is -0.353 e. The molecule has 0 heterocycles. The Bertz CT molecular complexity index is 745. The minimum atomic E-state index is -0.311. The molecule has 0 fully saturated rings. The maximum Gasteiger partial charge on any atom is 0.251 e. The summed E-state index contributed by atoms with van der Waals surface area (Å²) < 4.78 is 0. The summed E-state index contributed by atoms with van der Waals surface area (Å²) >= 11 is 0. The SMILES string of the molecule is Cc1ccccc1C(=O)NCCNC(=O)CNC(=O)c1ccccc1. The van der Waals surface area contributed by atoms with Crippen molar-refractivity contribution in [2.24, 2.45) is 0 Å². The number of amides is 3. The molecule has 0 aliphatic heterocycles. The average molecular weight is 339 g/mol. The molecule has 3 N–H and O–H groups in total. The van der Waals surface area contributed by atoms with Crippen molar-refractivity contribution in [1.82, 2.24) is 16.0 Å². The molecular weight excluding hydrogens is 318 g/mol. The third-order valence-corrected chi connectivity index (χ3v) is 3.57. The van der Waals surface area contributed by atoms with Crippen LogP contribution in [0.2, 0.25) is 0 Å². The number of benzene rings is 2. The Morgan fingerprint density at radius 2 is 1.40 bits per heavy atom. The summed E-state index contributed by atoms with van der Waals surface area (Å²) in [5.74, 6) is -0.789. The van der Waals surface area contributed by atoms with Crippen molar-refractivity contribution in [1.29, 1.82) is 0 Å². The topological polar surface area (TPSA) is 87.3 Å². The highest BCUT2D eigenvalue weighted by atomic mass is 16.2. The second kappa shape index (κ2) is 9.22. The van der Waals surface area contributed by atoms with Crippen molar-refractivity contribution in [3.05, 3.63) is 71.3 Å². The smallest absolute Gasteiger partial charge is 0.251 e. The zero-order valence-corrected chi connectivity index (χ0v) is 14.0. The van der Waals surface area contributed by atoms with Crippen molar-refractivity contribution in [2.75, 3.05) is 19.6 Å². The summed E-state index contributed by atoms with van der Waals surface area (Å²) in [6.07, 6.45) is 0. The predicted molar refractivity (Wildman–Crippen MR) is 95.3 cm³/mol. The van der Waals surface area contributed by atoms with Crippen LogP contribution in [0.25, 0.3) is 0 Å². The maximum atomic E-state index is 12.0. The van der Waals surface area contributed by atoms with E-state index in [9.17, 15) is 14.4 Å². The van der Waals surface area contributed by atoms with E-state index in [4.69, 9.17) is 0 Å². The molecule has 0 aliphatic rings. The normalized spacial score (nSPS) is 9.96. The highest BCUT2D eigenvalue weighted by Crippen LogP contribution is 2.05. The van der Waals surface area contributed by atoms with Crippen LogP contribution in [0.15, 0.2) is 54.6 Å². The van der Waals surface area contributed by atoms with Crippen LogP contribution in [0, 0.1) is 6.92 Å². The lowest BCUT2D eigenvalue weighted by molar-refractivity contribution is -0.120. The second-order valence-electron chi connectivity index (χ2n) is 5.47. The first-order valence-electron chi connectivity index (χ1n) is 8.01. The molecule has 2 aromatic carbocycles. The van der Waals surface area contributed by atoms with Gasteiger partial charge in [0.05, 0.1) is 6.54 Å². The van der Waals surface area contributed by atoms with E-state index in [2.05, 4.69) is 16.0 Å². The summed E-state index contributed by atoms with van der Waals surface area (Å²) in [5.41, 5.74) is 2.01. The zero-order valence-electron chi connectivity index (χ0n) is 14.0. The Kier molecular flexibility index (Phi) is 6.71. The van der Waals surface area contributed by atoms with E-state index in [0.29, 0.717) is 17.7 Å². The van der Waals surface area contributed by atoms with Gasteiger partial charge in [-0.15, -0.1) is 0 Å². The Morgan fingerprint density at radius 1 is 0.760 bits per heavy atom. The minimum absolute atomic E-state index is 0.112. The van der Waals surface area contributed by atoms with Gasteiger partial charge in [-0.25, -0.2) is 0 Å². The van der Waals surface area contributed by atoms with E-state index in [0.717, 1.165) is 5.56 Å². The summed E-state index contributed by atoms with van der Waals surface area (Å²) in [6, 6.07) is 16.0. The fourth-order valence-corrected chi connectivity index (χ4v) is 2.22. The van der Waals surface area contributed by atoms with Crippen LogP contribution in [0.5, 0.6) is 0 Å². The van der Waals surface area contributed by atoms with Crippen molar-refractivity contribution in [3.8, 4) is 0 Å². The summed E-state index contributed by atoms with van der Waals surface area (Å²) in [4.78, 5) is 35.5. The van der Waals surface area contributed by atoms with Gasteiger partial charge in [-0.1, -0.05) is 36.4 Å². The lowest BCUT2D eigenvalue weighted by Gasteiger charge is -2.09. The molecule has 0 saturated carbocycles. The van der Waals surface area contributed by atoms with Gasteiger partial charge >= 0.3 is 0 Å². The van der Waals surface area contributed by atoms with Gasteiger partial charge in [-0.3, -0.25) is 14.4 Å². The second-order valence-corrected chi connectivity index (χ2v) is 5.47. The first-order chi connectivity index (χ1) is 12.1. The lowest BCUT2D eigenvalue weighted by atomic mass is 10.1. The first-order valence-corrected chi connectivity index (χ1v) is 8.01. The van der Waals surface area contributed by atoms with Gasteiger partial charge in [-0.05, 0) is 30.7 Å². The summed E-state index contributed by atoms with van der Waals surface area (Å²) in [5, 5.41) is 7.93. The van der Waals surface area contributed by atoms with E-state index in [-0.39, 0.29) is 30.8 Å². The van der Waals surface area contributed by atoms with Crippen LogP contribution >= 0.6 is 0 Å². The number of hydrogen-bond donors (Lipinski definition) is 3. The number of hydrogen-bond acceptors (Lipinski definition) is 3. The van der Waals surface area contributed by atoms with Gasteiger partial charge < -0.3 is 16.0 Å². The molecule has 0 aromatic heterocycles. The third-order valence-electron chi connectivity index (χ3n) is 3.57. The molecule has 0 atom stereocenters. The predicted octanol–water partition coefficient (Wildman–Crippen LogP) is 1.27. The molecule has 2 aromatic rings. The molecule has 6 nitrogen and oxygen atoms in total. The van der Waals surface area contributed by atoms with Crippen molar-refractivity contribution < 1.29 is 14.4 Å². The van der Waals surface area contributed by atoms with Crippen molar-refractivity contribution >= 4 is 17.7 Å². The van der Waals surface area contributed by atoms with Gasteiger partial charge in [0.15, 0.2) is 0 Å². The number of aryl methyl sites for hydroxylation is 1. The molecule has 0 bridgehead atoms. The quantitative estimate of drug-likeness (QED) is 0.664. The molecular formula is C19H21N3O3. The number of carbonyl (C=O) groups is 3. The molecule has 2 rings (SSSR count). The van der Waals surface area contributed by atoms with E-state index in [1.54, 1.807) is 36.4 Å². The van der Waals surface area contributed by atoms with Gasteiger partial charge in [0.2, 0.25) is 5.91 Å². The zero-order chi connectivity index (χ0) is 18.1. The first kappa shape index (κ1) is 18.2. The summed E-state index contributed by atoms with van der Waals surface area (Å²) in [7, 11) is 0. The van der Waals surface area contributed by atoms with Crippen LogP contribution in [0.3, 0.4) is 0 Å². The van der Waals surface area contributed by atoms with Crippen LogP contribution in [0.1, 0.15) is 26.3 Å². The highest BCUT2D eigenvalue weighted by Gasteiger charge is 2.09. The number of carbonyl (C=O) groups excluding carboxylic acids is 3. The fraction of sp³-hybridized carbons (Fsp3) is 0.211. The molecule has 0 radical (unpaired) electrons. The van der Waals surface area contributed by atoms with E-state index in [1.165, 1.54) is 0 Å². The van der Waals surface area contributed by atoms with Crippen LogP contribution in [-0.2, 0) is 4.79 Å². The van der Waals surface area contributed by atoms with E-state index < -0.39 is 0 Å². The fourth-order valence-electron chi connectivity index (χ4n) is 2.22. The third kappa shape index (κ3) is 5.76. The Hall–Kier alpha value is -3.15. The van der Waals surface area contributed by atoms with E-state index in [1.807, 2.05) is 25.1 Å². The molecule has 0 aliphatic carbocycles. The van der Waals surface area contributed by atoms with E-state index >= 15 is 0 Å². The Balaban J connectivity index is 1.65. The summed E-state index contributed by atoms with van der Waals surface area (Å²) in [6.45, 7) is 2.36. The monoisotopic (exact) mass is 339 g/mol. The lowest BCUT2D eigenvalue weighted by Crippen LogP contribution is -2.40. The van der Waals surface area contributed by atoms with Crippen LogP contribution in [-0.4, -0.2) is 37.4 Å². The molecule has 0 saturated heterocycles. The number of rotatable bonds is 7. The molecule has 130 valence electrons. The number of nitrogens with one attached hydrogen (secondary N) is 3. The van der Waals surface area contributed by atoms with Gasteiger partial charge in [0, 0.05) is 24.2 Å². The van der Waals surface area contributed by atoms with Crippen molar-refractivity contribution in [2.45, 2.75) is 6.92 Å². The van der Waals surface area contributed by atoms with Crippen LogP contribution in [0.4, 0.5) is 0 Å². The standard InChI is InChI=1S/C19H21N3O3/c1-14-7-5-6-10-16(14)19(25)21-12-11-20-17(23)13-22-18(24)15-8-3-2-4-9-15/h2-10H,11-13H2,1H3,(H,20,23)(H,21,25)(H,22,24). The van der Waals surface area contributed by atoms with Crippen molar-refractivity contribution in [3.63, 3.8) is 0 Å². The van der Waals surface area contributed by atoms with Crippen LogP contribution < -0.4 is 16.0 Å². The highest BCUT2D eigenvalue weighted by molar-refractivity contribution is 5.96. The molecule has 0 unspecified atom stereocenters. The Morgan fingerprint density at radius 3 is 2.12 bits per heavy atom. The Labute approximate surface area is 146 Å². The largest absolute Gasteiger partial charge is 0.353 e. The average Bonchev–Trinajstić information content (AvgIpc) is 2.64. The molecule has 3 amide bonds. The molecule has 6 heteroatoms. The van der Waals surface area contributed by atoms with Gasteiger partial charge in [0.1, 0.15) is 0 Å². The molecule has 0 spiro atoms. The van der Waals surface area contributed by atoms with Gasteiger partial charge in [0.25, 0.3) is 11.8 Å². The maximum absolute atomic E-state index is 12.0.